The average molecular weight is 455 g/mol. The van der Waals surface area contributed by atoms with E-state index in [1.54, 1.807) is 12.3 Å². The maximum absolute atomic E-state index is 5.79. The van der Waals surface area contributed by atoms with Crippen LogP contribution < -0.4 is 10.6 Å². The third-order valence-corrected chi connectivity index (χ3v) is 5.24. The van der Waals surface area contributed by atoms with Gasteiger partial charge in [-0.15, -0.1) is 24.0 Å². The molecule has 1 aromatic rings. The van der Waals surface area contributed by atoms with Crippen molar-refractivity contribution in [3.05, 3.63) is 29.0 Å². The summed E-state index contributed by atoms with van der Waals surface area (Å²) >= 11 is 7.84. The highest BCUT2D eigenvalue weighted by molar-refractivity contribution is 14.0. The van der Waals surface area contributed by atoms with Crippen LogP contribution in [0.1, 0.15) is 32.3 Å². The molecule has 0 bridgehead atoms. The molecule has 1 atom stereocenters. The van der Waals surface area contributed by atoms with Gasteiger partial charge in [0.2, 0.25) is 0 Å². The molecular formula is C15H24ClIN4S. The predicted octanol–water partition coefficient (Wildman–Crippen LogP) is 3.69. The Kier molecular flexibility index (Phi) is 8.86. The Balaban J connectivity index is 0.00000242. The lowest BCUT2D eigenvalue weighted by atomic mass is 10.1. The second-order valence-corrected chi connectivity index (χ2v) is 7.51. The standard InChI is InChI=1S/C15H23ClN4S.HI/c1-3-17-14(20-11-15(2)7-4-8-21-15)19-10-12-5-6-13(16)18-9-12;/h5-6,9H,3-4,7-8,10-11H2,1-2H3,(H2,17,19,20);1H. The van der Waals surface area contributed by atoms with Crippen molar-refractivity contribution in [3.8, 4) is 0 Å². The van der Waals surface area contributed by atoms with E-state index in [1.165, 1.54) is 18.6 Å². The normalized spacial score (nSPS) is 21.3. The Morgan fingerprint density at radius 1 is 1.45 bits per heavy atom. The number of guanidine groups is 1. The minimum atomic E-state index is 0. The maximum Gasteiger partial charge on any atom is 0.191 e. The summed E-state index contributed by atoms with van der Waals surface area (Å²) in [5.74, 6) is 2.13. The molecule has 0 aliphatic carbocycles. The van der Waals surface area contributed by atoms with E-state index in [4.69, 9.17) is 11.6 Å². The molecule has 7 heteroatoms. The van der Waals surface area contributed by atoms with Gasteiger partial charge in [0.15, 0.2) is 5.96 Å². The van der Waals surface area contributed by atoms with Crippen molar-refractivity contribution in [2.75, 3.05) is 18.8 Å². The molecule has 22 heavy (non-hydrogen) atoms. The summed E-state index contributed by atoms with van der Waals surface area (Å²) in [5, 5.41) is 7.26. The van der Waals surface area contributed by atoms with Crippen LogP contribution in [0.2, 0.25) is 5.15 Å². The second kappa shape index (κ2) is 9.82. The molecule has 124 valence electrons. The fourth-order valence-electron chi connectivity index (χ4n) is 2.26. The van der Waals surface area contributed by atoms with E-state index >= 15 is 0 Å². The summed E-state index contributed by atoms with van der Waals surface area (Å²) < 4.78 is 0.331. The number of hydrogen-bond donors (Lipinski definition) is 2. The van der Waals surface area contributed by atoms with Crippen molar-refractivity contribution < 1.29 is 0 Å². The van der Waals surface area contributed by atoms with E-state index in [0.717, 1.165) is 24.6 Å². The topological polar surface area (TPSA) is 49.3 Å². The van der Waals surface area contributed by atoms with Gasteiger partial charge in [-0.1, -0.05) is 17.7 Å². The van der Waals surface area contributed by atoms with E-state index in [0.29, 0.717) is 16.4 Å². The van der Waals surface area contributed by atoms with Crippen molar-refractivity contribution >= 4 is 53.3 Å². The molecule has 0 spiro atoms. The van der Waals surface area contributed by atoms with Crippen LogP contribution in [0.5, 0.6) is 0 Å². The smallest absolute Gasteiger partial charge is 0.191 e. The van der Waals surface area contributed by atoms with Gasteiger partial charge in [0.05, 0.1) is 6.54 Å². The molecule has 1 aromatic heterocycles. The molecule has 2 heterocycles. The van der Waals surface area contributed by atoms with E-state index in [9.17, 15) is 0 Å². The summed E-state index contributed by atoms with van der Waals surface area (Å²) in [6.07, 6.45) is 4.35. The largest absolute Gasteiger partial charge is 0.357 e. The lowest BCUT2D eigenvalue weighted by Gasteiger charge is -2.24. The fraction of sp³-hybridized carbons (Fsp3) is 0.600. The molecule has 0 amide bonds. The van der Waals surface area contributed by atoms with Crippen LogP contribution in [0.3, 0.4) is 0 Å². The number of nitrogens with one attached hydrogen (secondary N) is 2. The molecule has 4 nitrogen and oxygen atoms in total. The first-order chi connectivity index (χ1) is 10.1. The Hall–Kier alpha value is -0.210. The number of aromatic nitrogens is 1. The van der Waals surface area contributed by atoms with Gasteiger partial charge >= 0.3 is 0 Å². The van der Waals surface area contributed by atoms with Crippen LogP contribution in [0.15, 0.2) is 23.3 Å². The van der Waals surface area contributed by atoms with Gasteiger partial charge in [-0.2, -0.15) is 11.8 Å². The lowest BCUT2D eigenvalue weighted by Crippen LogP contribution is -2.43. The van der Waals surface area contributed by atoms with Gasteiger partial charge in [0.1, 0.15) is 5.15 Å². The Labute approximate surface area is 159 Å². The monoisotopic (exact) mass is 454 g/mol. The molecule has 1 aliphatic heterocycles. The van der Waals surface area contributed by atoms with Crippen LogP contribution >= 0.6 is 47.3 Å². The molecule has 0 radical (unpaired) electrons. The summed E-state index contributed by atoms with van der Waals surface area (Å²) in [4.78, 5) is 8.68. The van der Waals surface area contributed by atoms with E-state index in [1.807, 2.05) is 6.07 Å². The van der Waals surface area contributed by atoms with Gasteiger partial charge in [0, 0.05) is 24.0 Å². The Bertz CT molecular complexity index is 475. The second-order valence-electron chi connectivity index (χ2n) is 5.44. The number of halogens is 2. The number of pyridine rings is 1. The third-order valence-electron chi connectivity index (χ3n) is 3.48. The van der Waals surface area contributed by atoms with Crippen molar-refractivity contribution in [3.63, 3.8) is 0 Å². The highest BCUT2D eigenvalue weighted by Gasteiger charge is 2.29. The summed E-state index contributed by atoms with van der Waals surface area (Å²) in [7, 11) is 0. The van der Waals surface area contributed by atoms with Crippen molar-refractivity contribution in [1.82, 2.24) is 15.6 Å². The summed E-state index contributed by atoms with van der Waals surface area (Å²) in [6.45, 7) is 6.80. The minimum Gasteiger partial charge on any atom is -0.357 e. The predicted molar refractivity (Wildman–Crippen MR) is 108 cm³/mol. The number of thioether (sulfide) groups is 1. The molecule has 0 aromatic carbocycles. The van der Waals surface area contributed by atoms with E-state index in [2.05, 4.69) is 46.2 Å². The highest BCUT2D eigenvalue weighted by atomic mass is 127. The first-order valence-corrected chi connectivity index (χ1v) is 8.74. The minimum absolute atomic E-state index is 0. The van der Waals surface area contributed by atoms with Gasteiger partial charge in [-0.05, 0) is 44.1 Å². The first-order valence-electron chi connectivity index (χ1n) is 7.38. The van der Waals surface area contributed by atoms with Crippen molar-refractivity contribution in [2.45, 2.75) is 38.0 Å². The zero-order valence-corrected chi connectivity index (χ0v) is 17.0. The van der Waals surface area contributed by atoms with Crippen LogP contribution in [0, 0.1) is 0 Å². The first kappa shape index (κ1) is 19.8. The van der Waals surface area contributed by atoms with Gasteiger partial charge in [-0.25, -0.2) is 9.98 Å². The number of rotatable bonds is 5. The van der Waals surface area contributed by atoms with Gasteiger partial charge < -0.3 is 10.6 Å². The third kappa shape index (κ3) is 6.50. The Morgan fingerprint density at radius 2 is 2.27 bits per heavy atom. The zero-order chi connectivity index (χ0) is 15.1. The number of nitrogens with zero attached hydrogens (tertiary/aromatic N) is 2. The quantitative estimate of drug-likeness (QED) is 0.308. The molecule has 1 aliphatic rings. The molecule has 0 saturated carbocycles. The van der Waals surface area contributed by atoms with Crippen LogP contribution in [-0.4, -0.2) is 34.5 Å². The summed E-state index contributed by atoms with van der Waals surface area (Å²) in [5.41, 5.74) is 1.05. The molecule has 1 fully saturated rings. The van der Waals surface area contributed by atoms with Crippen LogP contribution in [0.25, 0.3) is 0 Å². The van der Waals surface area contributed by atoms with Crippen LogP contribution in [0.4, 0.5) is 0 Å². The molecular weight excluding hydrogens is 431 g/mol. The molecule has 1 saturated heterocycles. The zero-order valence-electron chi connectivity index (χ0n) is 13.1. The van der Waals surface area contributed by atoms with Gasteiger partial charge in [-0.3, -0.25) is 0 Å². The van der Waals surface area contributed by atoms with E-state index in [-0.39, 0.29) is 24.0 Å². The number of aliphatic imine (C=N–C) groups is 1. The maximum atomic E-state index is 5.79. The van der Waals surface area contributed by atoms with Crippen LogP contribution in [-0.2, 0) is 6.54 Å². The highest BCUT2D eigenvalue weighted by Crippen LogP contribution is 2.36. The van der Waals surface area contributed by atoms with Gasteiger partial charge in [0.25, 0.3) is 0 Å². The van der Waals surface area contributed by atoms with Crippen molar-refractivity contribution in [2.24, 2.45) is 4.99 Å². The SMILES string of the molecule is CCNC(=NCc1ccc(Cl)nc1)NCC1(C)CCCS1.I. The average Bonchev–Trinajstić information content (AvgIpc) is 2.91. The molecule has 2 N–H and O–H groups in total. The fourth-order valence-corrected chi connectivity index (χ4v) is 3.62. The van der Waals surface area contributed by atoms with Crippen molar-refractivity contribution in [1.29, 1.82) is 0 Å². The molecule has 1 unspecified atom stereocenters. The molecule has 2 rings (SSSR count). The number of hydrogen-bond acceptors (Lipinski definition) is 3. The lowest BCUT2D eigenvalue weighted by molar-refractivity contribution is 0.584. The van der Waals surface area contributed by atoms with E-state index < -0.39 is 0 Å². The Morgan fingerprint density at radius 3 is 2.86 bits per heavy atom. The summed E-state index contributed by atoms with van der Waals surface area (Å²) in [6, 6.07) is 3.75.